The van der Waals surface area contributed by atoms with Crippen molar-refractivity contribution < 1.29 is 31.9 Å². The quantitative estimate of drug-likeness (QED) is 0.410. The number of rotatable bonds is 6. The van der Waals surface area contributed by atoms with E-state index in [1.54, 1.807) is 0 Å². The molecule has 0 spiro atoms. The molecule has 10 nitrogen and oxygen atoms in total. The van der Waals surface area contributed by atoms with E-state index in [-0.39, 0.29) is 28.5 Å². The second-order valence-corrected chi connectivity index (χ2v) is 7.56. The van der Waals surface area contributed by atoms with E-state index in [0.717, 1.165) is 6.07 Å². The summed E-state index contributed by atoms with van der Waals surface area (Å²) in [5.74, 6) is -6.83. The maximum atomic E-state index is 13.8. The van der Waals surface area contributed by atoms with Crippen molar-refractivity contribution in [3.8, 4) is 11.4 Å². The van der Waals surface area contributed by atoms with Gasteiger partial charge in [-0.3, -0.25) is 15.1 Å². The average Bonchev–Trinajstić information content (AvgIpc) is 3.29. The number of aromatic nitrogens is 5. The zero-order valence-corrected chi connectivity index (χ0v) is 17.7. The van der Waals surface area contributed by atoms with Crippen LogP contribution in [-0.4, -0.2) is 42.9 Å². The number of ether oxygens (including phenoxy) is 1. The summed E-state index contributed by atoms with van der Waals surface area (Å²) in [5.41, 5.74) is 0.333. The Labute approximate surface area is 189 Å². The van der Waals surface area contributed by atoms with Crippen LogP contribution in [0.25, 0.3) is 11.4 Å². The Bertz CT molecular complexity index is 1250. The Balaban J connectivity index is 1.44. The number of anilines is 2. The summed E-state index contributed by atoms with van der Waals surface area (Å²) in [6.07, 6.45) is -0.711. The Morgan fingerprint density at radius 3 is 2.59 bits per heavy atom. The van der Waals surface area contributed by atoms with Crippen LogP contribution in [0.4, 0.5) is 33.9 Å². The van der Waals surface area contributed by atoms with Gasteiger partial charge in [-0.1, -0.05) is 5.21 Å². The molecular formula is C20H17F4N7O3. The van der Waals surface area contributed by atoms with Gasteiger partial charge in [0.15, 0.2) is 11.5 Å². The van der Waals surface area contributed by atoms with Crippen molar-refractivity contribution in [3.05, 3.63) is 47.9 Å². The van der Waals surface area contributed by atoms with Crippen LogP contribution < -0.4 is 10.6 Å². The topological polar surface area (TPSA) is 124 Å². The van der Waals surface area contributed by atoms with Crippen LogP contribution >= 0.6 is 0 Å². The number of carbonyl (C=O) groups excluding carboxylic acids is 2. The van der Waals surface area contributed by atoms with Gasteiger partial charge >= 0.3 is 6.09 Å². The smallest absolute Gasteiger partial charge is 0.413 e. The van der Waals surface area contributed by atoms with Crippen LogP contribution in [0.5, 0.6) is 0 Å². The van der Waals surface area contributed by atoms with Crippen molar-refractivity contribution in [2.75, 3.05) is 10.6 Å². The highest BCUT2D eigenvalue weighted by atomic mass is 19.3. The monoisotopic (exact) mass is 479 g/mol. The molecule has 2 N–H and O–H groups in total. The summed E-state index contributed by atoms with van der Waals surface area (Å²) in [5, 5.41) is 12.5. The van der Waals surface area contributed by atoms with Crippen LogP contribution in [0.3, 0.4) is 0 Å². The van der Waals surface area contributed by atoms with Crippen LogP contribution in [-0.2, 0) is 16.6 Å². The van der Waals surface area contributed by atoms with E-state index >= 15 is 0 Å². The molecule has 1 fully saturated rings. The number of hydrogen-bond donors (Lipinski definition) is 2. The normalized spacial score (nSPS) is 17.1. The third-order valence-corrected chi connectivity index (χ3v) is 5.02. The highest BCUT2D eigenvalue weighted by molar-refractivity contribution is 5.95. The lowest BCUT2D eigenvalue weighted by molar-refractivity contribution is -0.119. The number of alkyl halides is 2. The van der Waals surface area contributed by atoms with E-state index in [0.29, 0.717) is 6.20 Å². The number of halogens is 4. The standard InChI is InChI=1S/C20H17F4N7O3/c1-9(12-5-10(21)7-26-16(12)22)34-19(33)28-17-15(29-30-31(17)2)14-4-3-11(8-25-14)27-18(32)13-6-20(13,23)24/h3-5,7-9,13H,6H2,1-2H3,(H,27,32)(H,28,33)/t9-,13+/m1/s1. The molecule has 0 unspecified atom stereocenters. The first-order valence-corrected chi connectivity index (χ1v) is 9.88. The summed E-state index contributed by atoms with van der Waals surface area (Å²) in [6.45, 7) is 1.34. The van der Waals surface area contributed by atoms with Crippen molar-refractivity contribution in [2.24, 2.45) is 13.0 Å². The maximum absolute atomic E-state index is 13.8. The molecular weight excluding hydrogens is 462 g/mol. The molecule has 14 heteroatoms. The van der Waals surface area contributed by atoms with Gasteiger partial charge in [-0.2, -0.15) is 4.39 Å². The fourth-order valence-electron chi connectivity index (χ4n) is 3.08. The van der Waals surface area contributed by atoms with Gasteiger partial charge < -0.3 is 10.1 Å². The molecule has 2 atom stereocenters. The first-order valence-electron chi connectivity index (χ1n) is 9.88. The van der Waals surface area contributed by atoms with Crippen molar-refractivity contribution in [1.82, 2.24) is 25.0 Å². The molecule has 2 amide bonds. The molecule has 0 aromatic carbocycles. The molecule has 34 heavy (non-hydrogen) atoms. The van der Waals surface area contributed by atoms with Gasteiger partial charge in [-0.25, -0.2) is 27.6 Å². The Kier molecular flexibility index (Phi) is 5.89. The number of nitrogens with zero attached hydrogens (tertiary/aromatic N) is 5. The molecule has 3 heterocycles. The molecule has 3 aromatic heterocycles. The number of aryl methyl sites for hydroxylation is 1. The molecule has 1 aliphatic rings. The van der Waals surface area contributed by atoms with E-state index in [1.165, 1.54) is 37.0 Å². The highest BCUT2D eigenvalue weighted by Crippen LogP contribution is 2.49. The van der Waals surface area contributed by atoms with E-state index in [2.05, 4.69) is 30.9 Å². The minimum absolute atomic E-state index is 0.0805. The van der Waals surface area contributed by atoms with Crippen LogP contribution in [0, 0.1) is 17.7 Å². The van der Waals surface area contributed by atoms with Gasteiger partial charge in [-0.15, -0.1) is 5.10 Å². The van der Waals surface area contributed by atoms with Gasteiger partial charge in [0.25, 0.3) is 5.92 Å². The molecule has 1 saturated carbocycles. The lowest BCUT2D eigenvalue weighted by Gasteiger charge is -2.15. The molecule has 0 radical (unpaired) electrons. The second-order valence-electron chi connectivity index (χ2n) is 7.56. The summed E-state index contributed by atoms with van der Waals surface area (Å²) in [6, 6.07) is 3.74. The lowest BCUT2D eigenvalue weighted by atomic mass is 10.2. The second kappa shape index (κ2) is 8.68. The van der Waals surface area contributed by atoms with Crippen LogP contribution in [0.15, 0.2) is 30.6 Å². The van der Waals surface area contributed by atoms with E-state index < -0.39 is 48.1 Å². The first kappa shape index (κ1) is 23.1. The Morgan fingerprint density at radius 1 is 1.21 bits per heavy atom. The molecule has 0 saturated heterocycles. The molecule has 0 aliphatic heterocycles. The number of hydrogen-bond acceptors (Lipinski definition) is 7. The average molecular weight is 479 g/mol. The largest absolute Gasteiger partial charge is 0.441 e. The van der Waals surface area contributed by atoms with Gasteiger partial charge in [0.2, 0.25) is 11.9 Å². The molecule has 4 rings (SSSR count). The molecule has 1 aliphatic carbocycles. The van der Waals surface area contributed by atoms with Crippen LogP contribution in [0.2, 0.25) is 0 Å². The zero-order chi connectivity index (χ0) is 24.6. The fraction of sp³-hybridized carbons (Fsp3) is 0.300. The van der Waals surface area contributed by atoms with E-state index in [4.69, 9.17) is 4.74 Å². The third-order valence-electron chi connectivity index (χ3n) is 5.02. The number of pyridine rings is 2. The SMILES string of the molecule is C[C@@H](OC(=O)Nc1c(-c2ccc(NC(=O)[C@@H]3CC3(F)F)cn2)nnn1C)c1cc(F)cnc1F. The van der Waals surface area contributed by atoms with Gasteiger partial charge in [-0.05, 0) is 25.1 Å². The third kappa shape index (κ3) is 4.79. The fourth-order valence-corrected chi connectivity index (χ4v) is 3.08. The molecule has 3 aromatic rings. The van der Waals surface area contributed by atoms with Crippen LogP contribution in [0.1, 0.15) is 25.0 Å². The summed E-state index contributed by atoms with van der Waals surface area (Å²) in [7, 11) is 1.48. The molecule has 0 bridgehead atoms. The first-order chi connectivity index (χ1) is 16.0. The summed E-state index contributed by atoms with van der Waals surface area (Å²) >= 11 is 0. The Morgan fingerprint density at radius 2 is 1.94 bits per heavy atom. The maximum Gasteiger partial charge on any atom is 0.413 e. The predicted octanol–water partition coefficient (Wildman–Crippen LogP) is 3.45. The predicted molar refractivity (Wildman–Crippen MR) is 109 cm³/mol. The number of amides is 2. The van der Waals surface area contributed by atoms with Crippen molar-refractivity contribution in [2.45, 2.75) is 25.4 Å². The van der Waals surface area contributed by atoms with Crippen molar-refractivity contribution in [1.29, 1.82) is 0 Å². The van der Waals surface area contributed by atoms with Gasteiger partial charge in [0.1, 0.15) is 17.8 Å². The minimum Gasteiger partial charge on any atom is -0.441 e. The van der Waals surface area contributed by atoms with Crippen molar-refractivity contribution in [3.63, 3.8) is 0 Å². The summed E-state index contributed by atoms with van der Waals surface area (Å²) < 4.78 is 59.5. The number of carbonyl (C=O) groups is 2. The van der Waals surface area contributed by atoms with Crippen molar-refractivity contribution >= 4 is 23.5 Å². The molecule has 178 valence electrons. The van der Waals surface area contributed by atoms with Gasteiger partial charge in [0.05, 0.1) is 29.3 Å². The van der Waals surface area contributed by atoms with Gasteiger partial charge in [0, 0.05) is 13.5 Å². The van der Waals surface area contributed by atoms with E-state index in [1.807, 2.05) is 0 Å². The minimum atomic E-state index is -2.99. The Hall–Kier alpha value is -4.10. The zero-order valence-electron chi connectivity index (χ0n) is 17.7. The lowest BCUT2D eigenvalue weighted by Crippen LogP contribution is -2.19. The van der Waals surface area contributed by atoms with E-state index in [9.17, 15) is 27.2 Å². The summed E-state index contributed by atoms with van der Waals surface area (Å²) in [4.78, 5) is 31.5. The highest BCUT2D eigenvalue weighted by Gasteiger charge is 2.61. The number of nitrogens with one attached hydrogen (secondary N) is 2.